The number of hydrogen-bond acceptors (Lipinski definition) is 6. The maximum atomic E-state index is 12.4. The van der Waals surface area contributed by atoms with Crippen molar-refractivity contribution in [1.29, 1.82) is 0 Å². The van der Waals surface area contributed by atoms with Crippen LogP contribution in [0.5, 0.6) is 0 Å². The van der Waals surface area contributed by atoms with Crippen molar-refractivity contribution in [2.45, 2.75) is 32.1 Å². The third-order valence-corrected chi connectivity index (χ3v) is 4.98. The molecule has 1 aliphatic rings. The zero-order valence-corrected chi connectivity index (χ0v) is 12.2. The number of carbonyl (C=O) groups is 2. The molecule has 1 aromatic rings. The van der Waals surface area contributed by atoms with Crippen LogP contribution in [-0.2, 0) is 25.4 Å². The molecule has 0 spiro atoms. The number of aryl methyl sites for hydroxylation is 1. The molecule has 0 saturated carbocycles. The van der Waals surface area contributed by atoms with Gasteiger partial charge in [0, 0.05) is 6.07 Å². The van der Waals surface area contributed by atoms with Gasteiger partial charge in [0.15, 0.2) is 0 Å². The van der Waals surface area contributed by atoms with Crippen molar-refractivity contribution in [3.8, 4) is 0 Å². The minimum Gasteiger partial charge on any atom is -0.361 e. The minimum absolute atomic E-state index is 0.233. The number of carbonyl (C=O) groups excluding carboxylic acids is 2. The average Bonchev–Trinajstić information content (AvgIpc) is 2.68. The first-order valence-electron chi connectivity index (χ1n) is 5.90. The quantitative estimate of drug-likeness (QED) is 0.757. The van der Waals surface area contributed by atoms with Crippen LogP contribution in [0.1, 0.15) is 25.3 Å². The van der Waals surface area contributed by atoms with E-state index in [1.807, 2.05) is 0 Å². The van der Waals surface area contributed by atoms with E-state index in [-0.39, 0.29) is 5.69 Å². The van der Waals surface area contributed by atoms with Crippen molar-refractivity contribution in [3.05, 3.63) is 17.5 Å². The highest BCUT2D eigenvalue weighted by Crippen LogP contribution is 2.24. The van der Waals surface area contributed by atoms with Crippen LogP contribution in [0.4, 0.5) is 0 Å². The Morgan fingerprint density at radius 3 is 2.65 bits per heavy atom. The van der Waals surface area contributed by atoms with Crippen LogP contribution in [0, 0.1) is 6.92 Å². The number of nitrogens with one attached hydrogen (secondary N) is 1. The molecule has 0 radical (unpaired) electrons. The topological polar surface area (TPSA) is 110 Å². The SMILES string of the molecule is Cc1cc(CS(=O)(=O)N2CC(=O)NC(=O)C2(C)C)no1. The van der Waals surface area contributed by atoms with E-state index in [1.54, 1.807) is 6.92 Å². The summed E-state index contributed by atoms with van der Waals surface area (Å²) in [6.45, 7) is 4.14. The molecule has 0 bridgehead atoms. The first-order chi connectivity index (χ1) is 9.13. The second kappa shape index (κ2) is 4.67. The average molecular weight is 301 g/mol. The van der Waals surface area contributed by atoms with E-state index in [2.05, 4.69) is 10.5 Å². The van der Waals surface area contributed by atoms with Gasteiger partial charge in [0.25, 0.3) is 0 Å². The molecule has 0 atom stereocenters. The highest BCUT2D eigenvalue weighted by Gasteiger charge is 2.47. The maximum absolute atomic E-state index is 12.4. The summed E-state index contributed by atoms with van der Waals surface area (Å²) in [4.78, 5) is 23.2. The van der Waals surface area contributed by atoms with E-state index in [1.165, 1.54) is 19.9 Å². The highest BCUT2D eigenvalue weighted by molar-refractivity contribution is 7.88. The predicted octanol–water partition coefficient (Wildman–Crippen LogP) is -0.450. The van der Waals surface area contributed by atoms with Gasteiger partial charge in [0.1, 0.15) is 22.7 Å². The van der Waals surface area contributed by atoms with Gasteiger partial charge in [-0.15, -0.1) is 0 Å². The van der Waals surface area contributed by atoms with Gasteiger partial charge in [0.05, 0.1) is 6.54 Å². The van der Waals surface area contributed by atoms with Crippen LogP contribution < -0.4 is 5.32 Å². The molecule has 1 aromatic heterocycles. The summed E-state index contributed by atoms with van der Waals surface area (Å²) < 4.78 is 30.5. The second-order valence-corrected chi connectivity index (χ2v) is 7.02. The monoisotopic (exact) mass is 301 g/mol. The number of aromatic nitrogens is 1. The summed E-state index contributed by atoms with van der Waals surface area (Å²) >= 11 is 0. The molecular formula is C11H15N3O5S. The number of imide groups is 1. The lowest BCUT2D eigenvalue weighted by Gasteiger charge is -2.38. The van der Waals surface area contributed by atoms with Gasteiger partial charge in [-0.25, -0.2) is 8.42 Å². The Morgan fingerprint density at radius 1 is 1.45 bits per heavy atom. The molecule has 20 heavy (non-hydrogen) atoms. The van der Waals surface area contributed by atoms with E-state index in [0.29, 0.717) is 5.76 Å². The Kier molecular flexibility index (Phi) is 3.42. The fourth-order valence-corrected chi connectivity index (χ4v) is 3.72. The molecule has 1 fully saturated rings. The van der Waals surface area contributed by atoms with Crippen LogP contribution in [0.25, 0.3) is 0 Å². The van der Waals surface area contributed by atoms with E-state index >= 15 is 0 Å². The van der Waals surface area contributed by atoms with Crippen LogP contribution in [0.15, 0.2) is 10.6 Å². The predicted molar refractivity (Wildman–Crippen MR) is 67.8 cm³/mol. The number of rotatable bonds is 3. The summed E-state index contributed by atoms with van der Waals surface area (Å²) in [7, 11) is -3.87. The molecule has 0 aromatic carbocycles. The summed E-state index contributed by atoms with van der Waals surface area (Å²) in [5.74, 6) is -1.22. The fourth-order valence-electron chi connectivity index (χ4n) is 1.96. The first kappa shape index (κ1) is 14.7. The van der Waals surface area contributed by atoms with Crippen molar-refractivity contribution >= 4 is 21.8 Å². The van der Waals surface area contributed by atoms with Gasteiger partial charge in [-0.1, -0.05) is 5.16 Å². The van der Waals surface area contributed by atoms with Crippen molar-refractivity contribution in [3.63, 3.8) is 0 Å². The van der Waals surface area contributed by atoms with Gasteiger partial charge in [-0.3, -0.25) is 14.9 Å². The lowest BCUT2D eigenvalue weighted by molar-refractivity contribution is -0.141. The van der Waals surface area contributed by atoms with Crippen LogP contribution in [0.3, 0.4) is 0 Å². The molecule has 0 aliphatic carbocycles. The molecule has 110 valence electrons. The molecule has 8 nitrogen and oxygen atoms in total. The Labute approximate surface area is 116 Å². The summed E-state index contributed by atoms with van der Waals surface area (Å²) in [5.41, 5.74) is -1.09. The normalized spacial score (nSPS) is 19.9. The Morgan fingerprint density at radius 2 is 2.10 bits per heavy atom. The molecule has 1 saturated heterocycles. The molecule has 2 heterocycles. The van der Waals surface area contributed by atoms with Gasteiger partial charge < -0.3 is 4.52 Å². The molecular weight excluding hydrogens is 286 g/mol. The fraction of sp³-hybridized carbons (Fsp3) is 0.545. The highest BCUT2D eigenvalue weighted by atomic mass is 32.2. The van der Waals surface area contributed by atoms with Gasteiger partial charge in [-0.05, 0) is 20.8 Å². The largest absolute Gasteiger partial charge is 0.361 e. The second-order valence-electron chi connectivity index (χ2n) is 5.13. The van der Waals surface area contributed by atoms with Crippen molar-refractivity contribution in [2.24, 2.45) is 0 Å². The summed E-state index contributed by atoms with van der Waals surface area (Å²) in [6.07, 6.45) is 0. The summed E-state index contributed by atoms with van der Waals surface area (Å²) in [5, 5.41) is 5.74. The number of amides is 2. The number of sulfonamides is 1. The smallest absolute Gasteiger partial charge is 0.247 e. The summed E-state index contributed by atoms with van der Waals surface area (Å²) in [6, 6.07) is 1.50. The third-order valence-electron chi connectivity index (χ3n) is 3.06. The molecule has 2 amide bonds. The first-order valence-corrected chi connectivity index (χ1v) is 7.51. The number of nitrogens with zero attached hydrogens (tertiary/aromatic N) is 2. The zero-order chi connectivity index (χ0) is 15.1. The van der Waals surface area contributed by atoms with Crippen molar-refractivity contribution in [2.75, 3.05) is 6.54 Å². The zero-order valence-electron chi connectivity index (χ0n) is 11.3. The lowest BCUT2D eigenvalue weighted by Crippen LogP contribution is -2.65. The minimum atomic E-state index is -3.87. The standard InChI is InChI=1S/C11H15N3O5S/c1-7-4-8(13-19-7)6-20(17,18)14-5-9(15)12-10(16)11(14,2)3/h4H,5-6H2,1-3H3,(H,12,15,16). The Hall–Kier alpha value is -1.74. The van der Waals surface area contributed by atoms with E-state index in [9.17, 15) is 18.0 Å². The van der Waals surface area contributed by atoms with E-state index in [0.717, 1.165) is 4.31 Å². The van der Waals surface area contributed by atoms with Gasteiger partial charge in [-0.2, -0.15) is 4.31 Å². The Bertz CT molecular complexity index is 661. The van der Waals surface area contributed by atoms with Gasteiger partial charge >= 0.3 is 0 Å². The number of piperazine rings is 1. The van der Waals surface area contributed by atoms with Crippen LogP contribution in [-0.4, -0.2) is 41.8 Å². The maximum Gasteiger partial charge on any atom is 0.247 e. The van der Waals surface area contributed by atoms with Crippen molar-refractivity contribution in [1.82, 2.24) is 14.8 Å². The number of hydrogen-bond donors (Lipinski definition) is 1. The molecule has 0 unspecified atom stereocenters. The van der Waals surface area contributed by atoms with Crippen LogP contribution >= 0.6 is 0 Å². The molecule has 1 aliphatic heterocycles. The lowest BCUT2D eigenvalue weighted by atomic mass is 10.0. The molecule has 1 N–H and O–H groups in total. The third kappa shape index (κ3) is 2.59. The van der Waals surface area contributed by atoms with Gasteiger partial charge in [0.2, 0.25) is 21.8 Å². The van der Waals surface area contributed by atoms with Crippen molar-refractivity contribution < 1.29 is 22.5 Å². The van der Waals surface area contributed by atoms with Crippen LogP contribution in [0.2, 0.25) is 0 Å². The molecule has 2 rings (SSSR count). The van der Waals surface area contributed by atoms with E-state index < -0.39 is 39.7 Å². The molecule has 9 heteroatoms. The van der Waals surface area contributed by atoms with E-state index in [4.69, 9.17) is 4.52 Å². The Balaban J connectivity index is 2.32.